The van der Waals surface area contributed by atoms with Crippen LogP contribution in [0.25, 0.3) is 0 Å². The molecule has 0 saturated carbocycles. The standard InChI is InChI=1S/C16H22N2/c1-13-12-18(3)14(2)11-16(13,9-10-17)15-7-5-4-6-8-15/h4-8,13-14H,9,11-12H2,1-3H3/p+1/t13-,14-,16+/m1/s1. The Morgan fingerprint density at radius 3 is 2.61 bits per heavy atom. The van der Waals surface area contributed by atoms with Crippen molar-refractivity contribution in [3.8, 4) is 6.07 Å². The molecule has 1 aromatic rings. The Labute approximate surface area is 110 Å². The van der Waals surface area contributed by atoms with Crippen LogP contribution in [0.2, 0.25) is 0 Å². The largest absolute Gasteiger partial charge is 0.335 e. The topological polar surface area (TPSA) is 28.2 Å². The van der Waals surface area contributed by atoms with Gasteiger partial charge in [0.1, 0.15) is 0 Å². The average molecular weight is 243 g/mol. The monoisotopic (exact) mass is 243 g/mol. The summed E-state index contributed by atoms with van der Waals surface area (Å²) in [5, 5.41) is 9.26. The predicted octanol–water partition coefficient (Wildman–Crippen LogP) is 1.78. The maximum Gasteiger partial charge on any atom is 0.0853 e. The molecule has 0 spiro atoms. The molecule has 1 heterocycles. The van der Waals surface area contributed by atoms with Crippen LogP contribution in [0.1, 0.15) is 32.3 Å². The molecular formula is C16H23N2+. The summed E-state index contributed by atoms with van der Waals surface area (Å²) in [4.78, 5) is 1.59. The molecule has 1 saturated heterocycles. The number of hydrogen-bond acceptors (Lipinski definition) is 1. The van der Waals surface area contributed by atoms with E-state index in [2.05, 4.69) is 57.3 Å². The van der Waals surface area contributed by atoms with Gasteiger partial charge in [0.05, 0.1) is 25.7 Å². The fourth-order valence-corrected chi connectivity index (χ4v) is 3.46. The molecule has 1 fully saturated rings. The summed E-state index contributed by atoms with van der Waals surface area (Å²) in [5.41, 5.74) is 1.40. The third-order valence-corrected chi connectivity index (χ3v) is 4.83. The highest BCUT2D eigenvalue weighted by atomic mass is 15.1. The van der Waals surface area contributed by atoms with E-state index in [1.165, 1.54) is 5.56 Å². The van der Waals surface area contributed by atoms with Crippen LogP contribution in [0.4, 0.5) is 0 Å². The number of rotatable bonds is 2. The molecule has 1 unspecified atom stereocenters. The molecule has 0 radical (unpaired) electrons. The summed E-state index contributed by atoms with van der Waals surface area (Å²) >= 11 is 0. The van der Waals surface area contributed by atoms with E-state index >= 15 is 0 Å². The van der Waals surface area contributed by atoms with E-state index in [1.54, 1.807) is 4.90 Å². The molecule has 1 N–H and O–H groups in total. The number of nitrogens with zero attached hydrogens (tertiary/aromatic N) is 1. The summed E-state index contributed by atoms with van der Waals surface area (Å²) < 4.78 is 0. The van der Waals surface area contributed by atoms with Gasteiger partial charge >= 0.3 is 0 Å². The molecule has 1 aliphatic heterocycles. The van der Waals surface area contributed by atoms with Crippen molar-refractivity contribution in [2.75, 3.05) is 13.6 Å². The summed E-state index contributed by atoms with van der Waals surface area (Å²) in [6.07, 6.45) is 1.74. The average Bonchev–Trinajstić information content (AvgIpc) is 2.37. The van der Waals surface area contributed by atoms with Crippen LogP contribution >= 0.6 is 0 Å². The summed E-state index contributed by atoms with van der Waals surface area (Å²) in [5.74, 6) is 0.552. The van der Waals surface area contributed by atoms with Crippen molar-refractivity contribution in [1.82, 2.24) is 0 Å². The molecule has 0 aromatic heterocycles. The van der Waals surface area contributed by atoms with Crippen LogP contribution in [-0.2, 0) is 5.41 Å². The van der Waals surface area contributed by atoms with E-state index in [0.717, 1.165) is 13.0 Å². The number of benzene rings is 1. The lowest BCUT2D eigenvalue weighted by Crippen LogP contribution is -3.15. The van der Waals surface area contributed by atoms with Gasteiger partial charge in [-0.1, -0.05) is 37.3 Å². The lowest BCUT2D eigenvalue weighted by molar-refractivity contribution is -0.915. The Morgan fingerprint density at radius 1 is 1.33 bits per heavy atom. The minimum Gasteiger partial charge on any atom is -0.335 e. The summed E-state index contributed by atoms with van der Waals surface area (Å²) in [6, 6.07) is 13.7. The lowest BCUT2D eigenvalue weighted by atomic mass is 9.63. The molecule has 0 amide bonds. The van der Waals surface area contributed by atoms with Crippen LogP contribution < -0.4 is 4.90 Å². The van der Waals surface area contributed by atoms with Gasteiger partial charge in [-0.25, -0.2) is 0 Å². The molecule has 2 nitrogen and oxygen atoms in total. The van der Waals surface area contributed by atoms with Crippen molar-refractivity contribution < 1.29 is 4.90 Å². The molecule has 18 heavy (non-hydrogen) atoms. The number of nitriles is 1. The SMILES string of the molecule is C[C@@H]1C[C@](CC#N)(c2ccccc2)[C@H](C)C[NH+]1C. The smallest absolute Gasteiger partial charge is 0.0853 e. The van der Waals surface area contributed by atoms with E-state index in [0.29, 0.717) is 18.4 Å². The zero-order valence-corrected chi connectivity index (χ0v) is 11.6. The van der Waals surface area contributed by atoms with Gasteiger partial charge in [-0.3, -0.25) is 0 Å². The van der Waals surface area contributed by atoms with E-state index in [4.69, 9.17) is 0 Å². The zero-order valence-electron chi connectivity index (χ0n) is 11.6. The Kier molecular flexibility index (Phi) is 3.73. The van der Waals surface area contributed by atoms with Gasteiger partial charge < -0.3 is 4.90 Å². The maximum absolute atomic E-state index is 9.26. The van der Waals surface area contributed by atoms with Gasteiger partial charge in [-0.15, -0.1) is 0 Å². The van der Waals surface area contributed by atoms with Crippen LogP contribution in [0.3, 0.4) is 0 Å². The number of likely N-dealkylation sites (tertiary alicyclic amines) is 1. The van der Waals surface area contributed by atoms with Gasteiger partial charge in [-0.2, -0.15) is 5.26 Å². The highest BCUT2D eigenvalue weighted by molar-refractivity contribution is 5.28. The van der Waals surface area contributed by atoms with Crippen LogP contribution in [0.15, 0.2) is 30.3 Å². The summed E-state index contributed by atoms with van der Waals surface area (Å²) in [6.45, 7) is 5.76. The van der Waals surface area contributed by atoms with Gasteiger partial charge in [0, 0.05) is 24.2 Å². The summed E-state index contributed by atoms with van der Waals surface area (Å²) in [7, 11) is 2.27. The minimum absolute atomic E-state index is 0.0505. The first-order chi connectivity index (χ1) is 8.60. The molecule has 1 aliphatic rings. The normalized spacial score (nSPS) is 36.0. The molecule has 96 valence electrons. The van der Waals surface area contributed by atoms with E-state index in [-0.39, 0.29) is 5.41 Å². The molecule has 2 heteroatoms. The molecular weight excluding hydrogens is 220 g/mol. The second-order valence-corrected chi connectivity index (χ2v) is 5.91. The Bertz CT molecular complexity index is 434. The fraction of sp³-hybridized carbons (Fsp3) is 0.562. The second kappa shape index (κ2) is 5.12. The first kappa shape index (κ1) is 13.1. The van der Waals surface area contributed by atoms with Crippen molar-refractivity contribution in [2.45, 2.75) is 38.1 Å². The van der Waals surface area contributed by atoms with E-state index in [1.807, 2.05) is 0 Å². The van der Waals surface area contributed by atoms with Gasteiger partial charge in [0.15, 0.2) is 0 Å². The zero-order chi connectivity index (χ0) is 13.2. The van der Waals surface area contributed by atoms with Crippen LogP contribution in [0, 0.1) is 17.2 Å². The van der Waals surface area contributed by atoms with Crippen LogP contribution in [0.5, 0.6) is 0 Å². The number of piperidine rings is 1. The first-order valence-electron chi connectivity index (χ1n) is 6.85. The van der Waals surface area contributed by atoms with Gasteiger partial charge in [0.2, 0.25) is 0 Å². The van der Waals surface area contributed by atoms with E-state index in [9.17, 15) is 5.26 Å². The Balaban J connectivity index is 2.41. The molecule has 4 atom stereocenters. The third kappa shape index (κ3) is 2.15. The third-order valence-electron chi connectivity index (χ3n) is 4.83. The molecule has 1 aromatic carbocycles. The number of hydrogen-bond donors (Lipinski definition) is 1. The minimum atomic E-state index is 0.0505. The van der Waals surface area contributed by atoms with Gasteiger partial charge in [-0.05, 0) is 12.5 Å². The van der Waals surface area contributed by atoms with Crippen molar-refractivity contribution in [2.24, 2.45) is 5.92 Å². The van der Waals surface area contributed by atoms with E-state index < -0.39 is 0 Å². The lowest BCUT2D eigenvalue weighted by Gasteiger charge is -2.46. The van der Waals surface area contributed by atoms with Crippen molar-refractivity contribution >= 4 is 0 Å². The second-order valence-electron chi connectivity index (χ2n) is 5.91. The number of quaternary nitrogens is 1. The maximum atomic E-state index is 9.26. The highest BCUT2D eigenvalue weighted by Crippen LogP contribution is 2.40. The van der Waals surface area contributed by atoms with Crippen molar-refractivity contribution in [1.29, 1.82) is 5.26 Å². The molecule has 2 rings (SSSR count). The Hall–Kier alpha value is -1.33. The molecule has 0 aliphatic carbocycles. The predicted molar refractivity (Wildman–Crippen MR) is 73.3 cm³/mol. The van der Waals surface area contributed by atoms with Crippen molar-refractivity contribution in [3.63, 3.8) is 0 Å². The van der Waals surface area contributed by atoms with Crippen LogP contribution in [-0.4, -0.2) is 19.6 Å². The first-order valence-corrected chi connectivity index (χ1v) is 6.85. The fourth-order valence-electron chi connectivity index (χ4n) is 3.46. The number of nitrogens with one attached hydrogen (secondary N) is 1. The highest BCUT2D eigenvalue weighted by Gasteiger charge is 2.45. The quantitative estimate of drug-likeness (QED) is 0.842. The Morgan fingerprint density at radius 2 is 2.00 bits per heavy atom. The molecule has 0 bridgehead atoms. The van der Waals surface area contributed by atoms with Gasteiger partial charge in [0.25, 0.3) is 0 Å². The van der Waals surface area contributed by atoms with Crippen molar-refractivity contribution in [3.05, 3.63) is 35.9 Å².